The first-order valence-electron chi connectivity index (χ1n) is 7.46. The van der Waals surface area contributed by atoms with Gasteiger partial charge in [-0.05, 0) is 44.0 Å². The Morgan fingerprint density at radius 3 is 2.62 bits per heavy atom. The molecule has 0 aromatic heterocycles. The number of carbonyl (C=O) groups excluding carboxylic acids is 1. The molecule has 1 aliphatic rings. The van der Waals surface area contributed by atoms with E-state index >= 15 is 0 Å². The second-order valence-corrected chi connectivity index (χ2v) is 5.63. The SMILES string of the molecule is CCN(Cc1ccc(F)c(F)c1)C(=O)C1(CC)CCNC1. The van der Waals surface area contributed by atoms with Gasteiger partial charge in [0, 0.05) is 19.6 Å². The number of nitrogens with zero attached hydrogens (tertiary/aromatic N) is 1. The predicted molar refractivity (Wildman–Crippen MR) is 77.7 cm³/mol. The topological polar surface area (TPSA) is 32.3 Å². The summed E-state index contributed by atoms with van der Waals surface area (Å²) in [5, 5.41) is 3.25. The van der Waals surface area contributed by atoms with Crippen molar-refractivity contribution in [2.24, 2.45) is 5.41 Å². The summed E-state index contributed by atoms with van der Waals surface area (Å²) in [7, 11) is 0. The molecule has 5 heteroatoms. The zero-order valence-corrected chi connectivity index (χ0v) is 12.6. The van der Waals surface area contributed by atoms with E-state index in [9.17, 15) is 13.6 Å². The summed E-state index contributed by atoms with van der Waals surface area (Å²) in [4.78, 5) is 14.5. The van der Waals surface area contributed by atoms with Gasteiger partial charge < -0.3 is 10.2 Å². The Bertz CT molecular complexity index is 513. The first-order chi connectivity index (χ1) is 10.0. The second kappa shape index (κ2) is 6.52. The van der Waals surface area contributed by atoms with Gasteiger partial charge in [-0.15, -0.1) is 0 Å². The maximum Gasteiger partial charge on any atom is 0.230 e. The number of hydrogen-bond acceptors (Lipinski definition) is 2. The number of carbonyl (C=O) groups is 1. The summed E-state index contributed by atoms with van der Waals surface area (Å²) < 4.78 is 26.3. The van der Waals surface area contributed by atoms with Gasteiger partial charge in [-0.2, -0.15) is 0 Å². The molecule has 0 saturated carbocycles. The highest BCUT2D eigenvalue weighted by Crippen LogP contribution is 2.32. The smallest absolute Gasteiger partial charge is 0.230 e. The van der Waals surface area contributed by atoms with Crippen molar-refractivity contribution in [3.63, 3.8) is 0 Å². The van der Waals surface area contributed by atoms with E-state index in [1.165, 1.54) is 6.07 Å². The number of amides is 1. The Morgan fingerprint density at radius 2 is 2.10 bits per heavy atom. The number of hydrogen-bond donors (Lipinski definition) is 1. The van der Waals surface area contributed by atoms with Crippen LogP contribution < -0.4 is 5.32 Å². The van der Waals surface area contributed by atoms with Gasteiger partial charge in [-0.1, -0.05) is 13.0 Å². The van der Waals surface area contributed by atoms with Crippen molar-refractivity contribution in [3.05, 3.63) is 35.4 Å². The first-order valence-corrected chi connectivity index (χ1v) is 7.46. The molecule has 0 spiro atoms. The van der Waals surface area contributed by atoms with Crippen LogP contribution in [0.3, 0.4) is 0 Å². The minimum absolute atomic E-state index is 0.0993. The summed E-state index contributed by atoms with van der Waals surface area (Å²) in [6, 6.07) is 3.80. The Hall–Kier alpha value is -1.49. The van der Waals surface area contributed by atoms with Crippen LogP contribution >= 0.6 is 0 Å². The summed E-state index contributed by atoms with van der Waals surface area (Å²) in [5.74, 6) is -1.64. The average Bonchev–Trinajstić information content (AvgIpc) is 2.98. The van der Waals surface area contributed by atoms with Crippen molar-refractivity contribution in [1.82, 2.24) is 10.2 Å². The highest BCUT2D eigenvalue weighted by Gasteiger charge is 2.41. The maximum absolute atomic E-state index is 13.3. The minimum Gasteiger partial charge on any atom is -0.338 e. The van der Waals surface area contributed by atoms with Crippen LogP contribution in [-0.2, 0) is 11.3 Å². The normalized spacial score (nSPS) is 21.5. The van der Waals surface area contributed by atoms with E-state index < -0.39 is 11.6 Å². The van der Waals surface area contributed by atoms with Crippen LogP contribution in [0.5, 0.6) is 0 Å². The van der Waals surface area contributed by atoms with Crippen LogP contribution in [0, 0.1) is 17.0 Å². The quantitative estimate of drug-likeness (QED) is 0.906. The molecule has 21 heavy (non-hydrogen) atoms. The van der Waals surface area contributed by atoms with Crippen molar-refractivity contribution < 1.29 is 13.6 Å². The molecule has 1 aromatic rings. The van der Waals surface area contributed by atoms with E-state index in [2.05, 4.69) is 5.32 Å². The minimum atomic E-state index is -0.872. The molecule has 1 saturated heterocycles. The van der Waals surface area contributed by atoms with Crippen LogP contribution in [0.4, 0.5) is 8.78 Å². The molecule has 1 aromatic carbocycles. The molecule has 1 atom stereocenters. The molecular weight excluding hydrogens is 274 g/mol. The Kier molecular flexibility index (Phi) is 4.93. The Morgan fingerprint density at radius 1 is 1.33 bits per heavy atom. The molecule has 1 heterocycles. The molecule has 0 radical (unpaired) electrons. The zero-order valence-electron chi connectivity index (χ0n) is 12.6. The van der Waals surface area contributed by atoms with Crippen LogP contribution in [0.1, 0.15) is 32.3 Å². The van der Waals surface area contributed by atoms with E-state index in [4.69, 9.17) is 0 Å². The van der Waals surface area contributed by atoms with Gasteiger partial charge in [0.2, 0.25) is 5.91 Å². The van der Waals surface area contributed by atoms with Crippen LogP contribution in [0.2, 0.25) is 0 Å². The van der Waals surface area contributed by atoms with Gasteiger partial charge in [-0.3, -0.25) is 4.79 Å². The first kappa shape index (κ1) is 15.9. The molecule has 1 aliphatic heterocycles. The van der Waals surface area contributed by atoms with Crippen molar-refractivity contribution in [2.75, 3.05) is 19.6 Å². The summed E-state index contributed by atoms with van der Waals surface area (Å²) in [6.45, 7) is 6.34. The lowest BCUT2D eigenvalue weighted by atomic mass is 9.82. The van der Waals surface area contributed by atoms with Gasteiger partial charge in [0.05, 0.1) is 5.41 Å². The number of nitrogens with one attached hydrogen (secondary N) is 1. The molecule has 1 fully saturated rings. The number of rotatable bonds is 5. The van der Waals surface area contributed by atoms with E-state index in [0.29, 0.717) is 25.2 Å². The van der Waals surface area contributed by atoms with E-state index in [0.717, 1.165) is 31.5 Å². The largest absolute Gasteiger partial charge is 0.338 e. The van der Waals surface area contributed by atoms with Crippen LogP contribution in [0.15, 0.2) is 18.2 Å². The Labute approximate surface area is 124 Å². The zero-order chi connectivity index (χ0) is 15.5. The lowest BCUT2D eigenvalue weighted by Crippen LogP contribution is -2.44. The van der Waals surface area contributed by atoms with Crippen molar-refractivity contribution in [2.45, 2.75) is 33.2 Å². The third-order valence-electron chi connectivity index (χ3n) is 4.40. The lowest BCUT2D eigenvalue weighted by molar-refractivity contribution is -0.141. The summed E-state index contributed by atoms with van der Waals surface area (Å²) >= 11 is 0. The van der Waals surface area contributed by atoms with E-state index in [1.54, 1.807) is 4.90 Å². The molecule has 1 unspecified atom stereocenters. The molecule has 116 valence electrons. The lowest BCUT2D eigenvalue weighted by Gasteiger charge is -2.32. The summed E-state index contributed by atoms with van der Waals surface area (Å²) in [6.07, 6.45) is 1.61. The highest BCUT2D eigenvalue weighted by molar-refractivity contribution is 5.83. The van der Waals surface area contributed by atoms with Gasteiger partial charge in [0.1, 0.15) is 0 Å². The van der Waals surface area contributed by atoms with Crippen molar-refractivity contribution in [3.8, 4) is 0 Å². The average molecular weight is 296 g/mol. The second-order valence-electron chi connectivity index (χ2n) is 5.63. The molecular formula is C16H22F2N2O. The molecule has 1 amide bonds. The van der Waals surface area contributed by atoms with Gasteiger partial charge >= 0.3 is 0 Å². The number of halogens is 2. The van der Waals surface area contributed by atoms with Crippen LogP contribution in [-0.4, -0.2) is 30.4 Å². The number of benzene rings is 1. The third-order valence-corrected chi connectivity index (χ3v) is 4.40. The standard InChI is InChI=1S/C16H22F2N2O/c1-3-16(7-8-19-11-16)15(21)20(4-2)10-12-5-6-13(17)14(18)9-12/h5-6,9,19H,3-4,7-8,10-11H2,1-2H3. The summed E-state index contributed by atoms with van der Waals surface area (Å²) in [5.41, 5.74) is 0.260. The molecule has 3 nitrogen and oxygen atoms in total. The van der Waals surface area contributed by atoms with Crippen LogP contribution in [0.25, 0.3) is 0 Å². The van der Waals surface area contributed by atoms with Gasteiger partial charge in [-0.25, -0.2) is 8.78 Å². The van der Waals surface area contributed by atoms with Crippen molar-refractivity contribution >= 4 is 5.91 Å². The maximum atomic E-state index is 13.3. The third kappa shape index (κ3) is 3.23. The predicted octanol–water partition coefficient (Wildman–Crippen LogP) is 2.70. The van der Waals surface area contributed by atoms with E-state index in [-0.39, 0.29) is 11.3 Å². The van der Waals surface area contributed by atoms with E-state index in [1.807, 2.05) is 13.8 Å². The molecule has 1 N–H and O–H groups in total. The molecule has 0 aliphatic carbocycles. The fraction of sp³-hybridized carbons (Fsp3) is 0.562. The fourth-order valence-corrected chi connectivity index (χ4v) is 2.90. The van der Waals surface area contributed by atoms with Crippen molar-refractivity contribution in [1.29, 1.82) is 0 Å². The van der Waals surface area contributed by atoms with Gasteiger partial charge in [0.25, 0.3) is 0 Å². The fourth-order valence-electron chi connectivity index (χ4n) is 2.90. The van der Waals surface area contributed by atoms with Gasteiger partial charge in [0.15, 0.2) is 11.6 Å². The molecule has 2 rings (SSSR count). The Balaban J connectivity index is 2.15. The monoisotopic (exact) mass is 296 g/mol. The highest BCUT2D eigenvalue weighted by atomic mass is 19.2. The molecule has 0 bridgehead atoms.